The minimum Gasteiger partial charge on any atom is -0.465 e. The smallest absolute Gasteiger partial charge is 0.340 e. The molecule has 1 aliphatic rings. The molecule has 0 amide bonds. The van der Waals surface area contributed by atoms with Crippen LogP contribution in [0.4, 0.5) is 11.4 Å². The summed E-state index contributed by atoms with van der Waals surface area (Å²) in [5, 5.41) is 3.41. The van der Waals surface area contributed by atoms with Gasteiger partial charge < -0.3 is 15.8 Å². The Kier molecular flexibility index (Phi) is 4.30. The van der Waals surface area contributed by atoms with Crippen LogP contribution in [0.1, 0.15) is 41.6 Å². The first-order valence-electron chi connectivity index (χ1n) is 6.84. The number of ether oxygens (including phenoxy) is 1. The molecule has 104 valence electrons. The molecule has 0 radical (unpaired) electrons. The van der Waals surface area contributed by atoms with Crippen molar-refractivity contribution in [2.24, 2.45) is 5.92 Å². The second kappa shape index (κ2) is 5.95. The number of rotatable bonds is 4. The summed E-state index contributed by atoms with van der Waals surface area (Å²) in [6, 6.07) is 3.76. The molecule has 0 aliphatic heterocycles. The van der Waals surface area contributed by atoms with E-state index in [0.29, 0.717) is 11.3 Å². The van der Waals surface area contributed by atoms with E-state index in [4.69, 9.17) is 10.5 Å². The third-order valence-corrected chi connectivity index (χ3v) is 3.86. The Morgan fingerprint density at radius 1 is 1.42 bits per heavy atom. The standard InChI is InChI=1S/C15H22N2O2/c1-10-7-12(17-9-11-5-3-4-6-11)8-13(14(10)16)15(18)19-2/h7-8,11,17H,3-6,9,16H2,1-2H3. The fourth-order valence-corrected chi connectivity index (χ4v) is 2.66. The van der Waals surface area contributed by atoms with E-state index in [9.17, 15) is 4.79 Å². The molecule has 0 aromatic heterocycles. The summed E-state index contributed by atoms with van der Waals surface area (Å²) in [6.45, 7) is 2.87. The lowest BCUT2D eigenvalue weighted by atomic mass is 10.1. The zero-order valence-corrected chi connectivity index (χ0v) is 11.7. The van der Waals surface area contributed by atoms with Crippen molar-refractivity contribution >= 4 is 17.3 Å². The van der Waals surface area contributed by atoms with Crippen molar-refractivity contribution in [2.75, 3.05) is 24.7 Å². The average molecular weight is 262 g/mol. The van der Waals surface area contributed by atoms with Crippen LogP contribution in [0.3, 0.4) is 0 Å². The number of hydrogen-bond acceptors (Lipinski definition) is 4. The maximum atomic E-state index is 11.7. The largest absolute Gasteiger partial charge is 0.465 e. The van der Waals surface area contributed by atoms with Gasteiger partial charge in [0.2, 0.25) is 0 Å². The molecule has 0 unspecified atom stereocenters. The van der Waals surface area contributed by atoms with Gasteiger partial charge in [0.15, 0.2) is 0 Å². The van der Waals surface area contributed by atoms with E-state index in [0.717, 1.165) is 23.7 Å². The summed E-state index contributed by atoms with van der Waals surface area (Å²) in [5.41, 5.74) is 8.70. The number of carbonyl (C=O) groups is 1. The Bertz CT molecular complexity index is 465. The van der Waals surface area contributed by atoms with Crippen molar-refractivity contribution in [3.63, 3.8) is 0 Å². The molecule has 1 aromatic rings. The number of anilines is 2. The zero-order chi connectivity index (χ0) is 13.8. The van der Waals surface area contributed by atoms with E-state index >= 15 is 0 Å². The molecule has 2 rings (SSSR count). The van der Waals surface area contributed by atoms with Crippen molar-refractivity contribution in [3.8, 4) is 0 Å². The van der Waals surface area contributed by atoms with Crippen LogP contribution in [0, 0.1) is 12.8 Å². The van der Waals surface area contributed by atoms with Gasteiger partial charge in [-0.15, -0.1) is 0 Å². The van der Waals surface area contributed by atoms with Crippen LogP contribution in [0.5, 0.6) is 0 Å². The quantitative estimate of drug-likeness (QED) is 0.647. The van der Waals surface area contributed by atoms with Gasteiger partial charge in [0, 0.05) is 17.9 Å². The normalized spacial score (nSPS) is 15.5. The van der Waals surface area contributed by atoms with Crippen LogP contribution < -0.4 is 11.1 Å². The summed E-state index contributed by atoms with van der Waals surface area (Å²) in [5.74, 6) is 0.365. The number of nitrogen functional groups attached to an aromatic ring is 1. The molecule has 0 heterocycles. The Morgan fingerprint density at radius 2 is 2.11 bits per heavy atom. The van der Waals surface area contributed by atoms with Crippen molar-refractivity contribution in [1.29, 1.82) is 0 Å². The molecular weight excluding hydrogens is 240 g/mol. The van der Waals surface area contributed by atoms with Gasteiger partial charge in [0.25, 0.3) is 0 Å². The summed E-state index contributed by atoms with van der Waals surface area (Å²) in [6.07, 6.45) is 5.26. The fourth-order valence-electron chi connectivity index (χ4n) is 2.66. The topological polar surface area (TPSA) is 64.3 Å². The van der Waals surface area contributed by atoms with E-state index in [1.807, 2.05) is 13.0 Å². The van der Waals surface area contributed by atoms with Gasteiger partial charge in [0.1, 0.15) is 0 Å². The summed E-state index contributed by atoms with van der Waals surface area (Å²) in [7, 11) is 1.37. The highest BCUT2D eigenvalue weighted by atomic mass is 16.5. The molecule has 0 bridgehead atoms. The molecular formula is C15H22N2O2. The van der Waals surface area contributed by atoms with Gasteiger partial charge in [-0.2, -0.15) is 0 Å². The van der Waals surface area contributed by atoms with Crippen LogP contribution in [-0.2, 0) is 4.74 Å². The number of benzene rings is 1. The molecule has 1 aromatic carbocycles. The molecule has 4 nitrogen and oxygen atoms in total. The SMILES string of the molecule is COC(=O)c1cc(NCC2CCCC2)cc(C)c1N. The number of hydrogen-bond donors (Lipinski definition) is 2. The number of carbonyl (C=O) groups excluding carboxylic acids is 1. The van der Waals surface area contributed by atoms with Crippen LogP contribution >= 0.6 is 0 Å². The first-order chi connectivity index (χ1) is 9.11. The van der Waals surface area contributed by atoms with Crippen molar-refractivity contribution in [2.45, 2.75) is 32.6 Å². The van der Waals surface area contributed by atoms with E-state index in [-0.39, 0.29) is 5.97 Å². The van der Waals surface area contributed by atoms with Gasteiger partial charge in [-0.25, -0.2) is 4.79 Å². The second-order valence-corrected chi connectivity index (χ2v) is 5.28. The zero-order valence-electron chi connectivity index (χ0n) is 11.7. The first-order valence-corrected chi connectivity index (χ1v) is 6.84. The lowest BCUT2D eigenvalue weighted by Gasteiger charge is -2.15. The highest BCUT2D eigenvalue weighted by Gasteiger charge is 2.16. The molecule has 19 heavy (non-hydrogen) atoms. The van der Waals surface area contributed by atoms with E-state index in [1.165, 1.54) is 32.8 Å². The van der Waals surface area contributed by atoms with E-state index in [2.05, 4.69) is 5.32 Å². The third kappa shape index (κ3) is 3.19. The molecule has 1 saturated carbocycles. The Balaban J connectivity index is 2.11. The Hall–Kier alpha value is -1.71. The number of nitrogens with two attached hydrogens (primary N) is 1. The predicted molar refractivity (Wildman–Crippen MR) is 77.4 cm³/mol. The monoisotopic (exact) mass is 262 g/mol. The van der Waals surface area contributed by atoms with Crippen molar-refractivity contribution in [3.05, 3.63) is 23.3 Å². The number of esters is 1. The summed E-state index contributed by atoms with van der Waals surface area (Å²) < 4.78 is 4.76. The van der Waals surface area contributed by atoms with Gasteiger partial charge in [-0.3, -0.25) is 0 Å². The van der Waals surface area contributed by atoms with Crippen LogP contribution in [0.15, 0.2) is 12.1 Å². The highest BCUT2D eigenvalue weighted by Crippen LogP contribution is 2.27. The minimum absolute atomic E-state index is 0.384. The molecule has 1 aliphatic carbocycles. The summed E-state index contributed by atoms with van der Waals surface area (Å²) in [4.78, 5) is 11.7. The summed E-state index contributed by atoms with van der Waals surface area (Å²) >= 11 is 0. The molecule has 3 N–H and O–H groups in total. The highest BCUT2D eigenvalue weighted by molar-refractivity contribution is 5.97. The van der Waals surface area contributed by atoms with Gasteiger partial charge in [-0.05, 0) is 43.4 Å². The second-order valence-electron chi connectivity index (χ2n) is 5.28. The average Bonchev–Trinajstić information content (AvgIpc) is 2.92. The van der Waals surface area contributed by atoms with Gasteiger partial charge >= 0.3 is 5.97 Å². The van der Waals surface area contributed by atoms with E-state index in [1.54, 1.807) is 6.07 Å². The number of nitrogens with one attached hydrogen (secondary N) is 1. The van der Waals surface area contributed by atoms with Gasteiger partial charge in [0.05, 0.1) is 12.7 Å². The number of aryl methyl sites for hydroxylation is 1. The minimum atomic E-state index is -0.384. The van der Waals surface area contributed by atoms with Crippen LogP contribution in [0.2, 0.25) is 0 Å². The Morgan fingerprint density at radius 3 is 2.74 bits per heavy atom. The number of methoxy groups -OCH3 is 1. The van der Waals surface area contributed by atoms with Crippen LogP contribution in [-0.4, -0.2) is 19.6 Å². The van der Waals surface area contributed by atoms with Crippen LogP contribution in [0.25, 0.3) is 0 Å². The van der Waals surface area contributed by atoms with Crippen molar-refractivity contribution < 1.29 is 9.53 Å². The molecule has 0 atom stereocenters. The van der Waals surface area contributed by atoms with Crippen molar-refractivity contribution in [1.82, 2.24) is 0 Å². The molecule has 0 spiro atoms. The maximum absolute atomic E-state index is 11.7. The molecule has 0 saturated heterocycles. The molecule has 1 fully saturated rings. The third-order valence-electron chi connectivity index (χ3n) is 3.86. The Labute approximate surface area is 114 Å². The molecule has 4 heteroatoms. The maximum Gasteiger partial charge on any atom is 0.340 e. The lowest BCUT2D eigenvalue weighted by molar-refractivity contribution is 0.0602. The lowest BCUT2D eigenvalue weighted by Crippen LogP contribution is -2.13. The van der Waals surface area contributed by atoms with Gasteiger partial charge in [-0.1, -0.05) is 12.8 Å². The van der Waals surface area contributed by atoms with E-state index < -0.39 is 0 Å². The first kappa shape index (κ1) is 13.7. The predicted octanol–water partition coefficient (Wildman–Crippen LogP) is 2.97. The fraction of sp³-hybridized carbons (Fsp3) is 0.533.